The fourth-order valence-corrected chi connectivity index (χ4v) is 5.70. The van der Waals surface area contributed by atoms with Gasteiger partial charge in [0.2, 0.25) is 10.0 Å². The molecule has 10 heteroatoms. The standard InChI is InChI=1S/C22H22Cl2N4O3S/c1-2-31-17-8-6-16(7-9-17)19-14-21(26-15-25-19)27-10-12-28(13-11-27)32(29,30)20-5-3-4-18(23)22(20)24/h3-9,14-15H,2,10-13H2,1H3. The number of nitrogens with zero attached hydrogens (tertiary/aromatic N) is 4. The fourth-order valence-electron chi connectivity index (χ4n) is 3.55. The zero-order valence-electron chi connectivity index (χ0n) is 17.4. The minimum atomic E-state index is -3.74. The molecule has 2 heterocycles. The van der Waals surface area contributed by atoms with E-state index < -0.39 is 10.0 Å². The SMILES string of the molecule is CCOc1ccc(-c2cc(N3CCN(S(=O)(=O)c4cccc(Cl)c4Cl)CC3)ncn2)cc1. The first-order valence-electron chi connectivity index (χ1n) is 10.1. The highest BCUT2D eigenvalue weighted by Gasteiger charge is 2.31. The van der Waals surface area contributed by atoms with Gasteiger partial charge in [-0.1, -0.05) is 29.3 Å². The molecular weight excluding hydrogens is 471 g/mol. The minimum Gasteiger partial charge on any atom is -0.494 e. The molecule has 1 aliphatic rings. The number of rotatable bonds is 6. The van der Waals surface area contributed by atoms with E-state index >= 15 is 0 Å². The molecule has 4 rings (SSSR count). The highest BCUT2D eigenvalue weighted by atomic mass is 35.5. The zero-order chi connectivity index (χ0) is 22.7. The van der Waals surface area contributed by atoms with E-state index in [-0.39, 0.29) is 14.9 Å². The topological polar surface area (TPSA) is 75.6 Å². The van der Waals surface area contributed by atoms with Crippen molar-refractivity contribution in [2.75, 3.05) is 37.7 Å². The van der Waals surface area contributed by atoms with Crippen molar-refractivity contribution in [3.63, 3.8) is 0 Å². The second kappa shape index (κ2) is 9.62. The summed E-state index contributed by atoms with van der Waals surface area (Å²) in [6.45, 7) is 4.18. The highest BCUT2D eigenvalue weighted by molar-refractivity contribution is 7.89. The van der Waals surface area contributed by atoms with E-state index in [4.69, 9.17) is 27.9 Å². The lowest BCUT2D eigenvalue weighted by Crippen LogP contribution is -2.49. The molecule has 168 valence electrons. The van der Waals surface area contributed by atoms with E-state index in [1.165, 1.54) is 16.7 Å². The quantitative estimate of drug-likeness (QED) is 0.508. The molecule has 2 aromatic carbocycles. The number of benzene rings is 2. The Morgan fingerprint density at radius 1 is 1.00 bits per heavy atom. The van der Waals surface area contributed by atoms with Crippen molar-refractivity contribution in [2.24, 2.45) is 0 Å². The summed E-state index contributed by atoms with van der Waals surface area (Å²) in [5, 5.41) is 0.265. The smallest absolute Gasteiger partial charge is 0.244 e. The van der Waals surface area contributed by atoms with E-state index in [2.05, 4.69) is 9.97 Å². The molecule has 32 heavy (non-hydrogen) atoms. The first kappa shape index (κ1) is 22.8. The average molecular weight is 493 g/mol. The van der Waals surface area contributed by atoms with Gasteiger partial charge < -0.3 is 9.64 Å². The normalized spacial score (nSPS) is 15.0. The molecule has 1 saturated heterocycles. The van der Waals surface area contributed by atoms with Crippen molar-refractivity contribution in [2.45, 2.75) is 11.8 Å². The first-order valence-corrected chi connectivity index (χ1v) is 12.3. The van der Waals surface area contributed by atoms with Crippen molar-refractivity contribution in [3.05, 3.63) is 64.9 Å². The number of halogens is 2. The summed E-state index contributed by atoms with van der Waals surface area (Å²) in [6.07, 6.45) is 1.52. The van der Waals surface area contributed by atoms with Gasteiger partial charge in [-0.15, -0.1) is 0 Å². The van der Waals surface area contributed by atoms with Crippen molar-refractivity contribution in [1.29, 1.82) is 0 Å². The van der Waals surface area contributed by atoms with Crippen LogP contribution >= 0.6 is 23.2 Å². The Morgan fingerprint density at radius 2 is 1.72 bits per heavy atom. The molecule has 1 aliphatic heterocycles. The summed E-state index contributed by atoms with van der Waals surface area (Å²) in [7, 11) is -3.74. The lowest BCUT2D eigenvalue weighted by molar-refractivity contribution is 0.340. The summed E-state index contributed by atoms with van der Waals surface area (Å²) >= 11 is 12.2. The molecule has 0 N–H and O–H groups in total. The number of ether oxygens (including phenoxy) is 1. The molecule has 0 aliphatic carbocycles. The van der Waals surface area contributed by atoms with Crippen molar-refractivity contribution in [1.82, 2.24) is 14.3 Å². The molecule has 7 nitrogen and oxygen atoms in total. The highest BCUT2D eigenvalue weighted by Crippen LogP contribution is 2.31. The molecule has 1 aromatic heterocycles. The van der Waals surface area contributed by atoms with Crippen LogP contribution in [0.4, 0.5) is 5.82 Å². The third kappa shape index (κ3) is 4.68. The predicted octanol–water partition coefficient (Wildman–Crippen LogP) is 4.36. The summed E-state index contributed by atoms with van der Waals surface area (Å²) in [5.41, 5.74) is 1.74. The van der Waals surface area contributed by atoms with Gasteiger partial charge in [-0.2, -0.15) is 4.31 Å². The van der Waals surface area contributed by atoms with Gasteiger partial charge in [0.05, 0.1) is 22.3 Å². The Kier molecular flexibility index (Phi) is 6.85. The molecule has 0 spiro atoms. The monoisotopic (exact) mass is 492 g/mol. The average Bonchev–Trinajstić information content (AvgIpc) is 2.81. The van der Waals surface area contributed by atoms with E-state index in [1.54, 1.807) is 12.1 Å². The van der Waals surface area contributed by atoms with Gasteiger partial charge in [0.1, 0.15) is 22.8 Å². The van der Waals surface area contributed by atoms with E-state index in [0.29, 0.717) is 32.8 Å². The predicted molar refractivity (Wildman–Crippen MR) is 126 cm³/mol. The molecule has 0 atom stereocenters. The number of anilines is 1. The molecule has 0 unspecified atom stereocenters. The first-order chi connectivity index (χ1) is 15.4. The van der Waals surface area contributed by atoms with Crippen LogP contribution < -0.4 is 9.64 Å². The van der Waals surface area contributed by atoms with Crippen LogP contribution in [0.3, 0.4) is 0 Å². The van der Waals surface area contributed by atoms with Gasteiger partial charge >= 0.3 is 0 Å². The molecule has 0 radical (unpaired) electrons. The number of aromatic nitrogens is 2. The second-order valence-corrected chi connectivity index (χ2v) is 9.85. The van der Waals surface area contributed by atoms with Crippen LogP contribution in [0.1, 0.15) is 6.92 Å². The number of hydrogen-bond acceptors (Lipinski definition) is 6. The molecule has 0 amide bonds. The van der Waals surface area contributed by atoms with Crippen molar-refractivity contribution in [3.8, 4) is 17.0 Å². The lowest BCUT2D eigenvalue weighted by atomic mass is 10.1. The Labute approximate surface area is 197 Å². The van der Waals surface area contributed by atoms with Gasteiger partial charge in [-0.3, -0.25) is 0 Å². The van der Waals surface area contributed by atoms with Gasteiger partial charge in [0, 0.05) is 37.8 Å². The lowest BCUT2D eigenvalue weighted by Gasteiger charge is -2.34. The molecular formula is C22H22Cl2N4O3S. The number of hydrogen-bond donors (Lipinski definition) is 0. The number of sulfonamides is 1. The van der Waals surface area contributed by atoms with Crippen LogP contribution in [0.2, 0.25) is 10.0 Å². The maximum atomic E-state index is 13.0. The Balaban J connectivity index is 1.48. The third-order valence-electron chi connectivity index (χ3n) is 5.21. The molecule has 0 saturated carbocycles. The fraction of sp³-hybridized carbons (Fsp3) is 0.273. The Morgan fingerprint density at radius 3 is 2.41 bits per heavy atom. The summed E-state index contributed by atoms with van der Waals surface area (Å²) in [4.78, 5) is 10.8. The molecule has 1 fully saturated rings. The van der Waals surface area contributed by atoms with E-state index in [1.807, 2.05) is 42.2 Å². The van der Waals surface area contributed by atoms with Gasteiger partial charge in [0.15, 0.2) is 0 Å². The van der Waals surface area contributed by atoms with E-state index in [0.717, 1.165) is 22.8 Å². The minimum absolute atomic E-state index is 0.0277. The molecule has 0 bridgehead atoms. The van der Waals surface area contributed by atoms with Gasteiger partial charge in [-0.05, 0) is 43.3 Å². The Hall–Kier alpha value is -2.39. The Bertz CT molecular complexity index is 1200. The second-order valence-electron chi connectivity index (χ2n) is 7.16. The summed E-state index contributed by atoms with van der Waals surface area (Å²) in [5.74, 6) is 1.56. The van der Waals surface area contributed by atoms with Gasteiger partial charge in [-0.25, -0.2) is 18.4 Å². The third-order valence-corrected chi connectivity index (χ3v) is 8.08. The van der Waals surface area contributed by atoms with Crippen LogP contribution in [-0.2, 0) is 10.0 Å². The molecule has 3 aromatic rings. The number of piperazine rings is 1. The maximum absolute atomic E-state index is 13.0. The maximum Gasteiger partial charge on any atom is 0.244 e. The van der Waals surface area contributed by atoms with E-state index in [9.17, 15) is 8.42 Å². The summed E-state index contributed by atoms with van der Waals surface area (Å²) in [6, 6.07) is 14.3. The van der Waals surface area contributed by atoms with Gasteiger partial charge in [0.25, 0.3) is 0 Å². The van der Waals surface area contributed by atoms with Crippen LogP contribution in [0.25, 0.3) is 11.3 Å². The summed E-state index contributed by atoms with van der Waals surface area (Å²) < 4.78 is 33.0. The largest absolute Gasteiger partial charge is 0.494 e. The zero-order valence-corrected chi connectivity index (χ0v) is 19.7. The van der Waals surface area contributed by atoms with Crippen LogP contribution in [0.5, 0.6) is 5.75 Å². The van der Waals surface area contributed by atoms with Crippen molar-refractivity contribution >= 4 is 39.0 Å². The van der Waals surface area contributed by atoms with Crippen LogP contribution in [0, 0.1) is 0 Å². The van der Waals surface area contributed by atoms with Crippen LogP contribution in [-0.4, -0.2) is 55.5 Å². The van der Waals surface area contributed by atoms with Crippen molar-refractivity contribution < 1.29 is 13.2 Å². The van der Waals surface area contributed by atoms with Crippen LogP contribution in [0.15, 0.2) is 59.8 Å².